The van der Waals surface area contributed by atoms with Crippen LogP contribution in [0.5, 0.6) is 0 Å². The Hall–Kier alpha value is -4.95. The zero-order chi connectivity index (χ0) is 33.4. The van der Waals surface area contributed by atoms with Gasteiger partial charge in [0.15, 0.2) is 0 Å². The van der Waals surface area contributed by atoms with Gasteiger partial charge in [0.1, 0.15) is 30.6 Å². The second-order valence-electron chi connectivity index (χ2n) is 10.9. The van der Waals surface area contributed by atoms with Crippen LogP contribution in [0, 0.1) is 11.3 Å². The fraction of sp³-hybridized carbons (Fsp3) is 0.500. The van der Waals surface area contributed by atoms with E-state index in [2.05, 4.69) is 27.8 Å². The van der Waals surface area contributed by atoms with Crippen LogP contribution >= 0.6 is 0 Å². The lowest BCUT2D eigenvalue weighted by Crippen LogP contribution is -2.57. The van der Waals surface area contributed by atoms with Crippen molar-refractivity contribution in [3.63, 3.8) is 0 Å². The number of nitrogens with one attached hydrogen (secondary N) is 5. The van der Waals surface area contributed by atoms with Gasteiger partial charge in [-0.15, -0.1) is 0 Å². The van der Waals surface area contributed by atoms with Gasteiger partial charge in [0, 0.05) is 24.9 Å². The summed E-state index contributed by atoms with van der Waals surface area (Å²) < 4.78 is 4.94. The van der Waals surface area contributed by atoms with E-state index in [1.54, 1.807) is 24.3 Å². The first-order valence-corrected chi connectivity index (χ1v) is 14.8. The SMILES string of the molecule is C=CCOC(=O)N[C@@H](Cc1ccc(C(=N)N)cc1)C(=O)N[C@@H](CCC(=O)O)C(=O)N[C@@H](CC(N)=O)C(=O)NCC1CCCCC1. The molecule has 1 saturated carbocycles. The Morgan fingerprint density at radius 3 is 2.13 bits per heavy atom. The van der Waals surface area contributed by atoms with Gasteiger partial charge in [-0.2, -0.15) is 0 Å². The molecule has 1 fully saturated rings. The average molecular weight is 630 g/mol. The number of carbonyl (C=O) groups is 6. The van der Waals surface area contributed by atoms with Gasteiger partial charge < -0.3 is 42.6 Å². The highest BCUT2D eigenvalue weighted by atomic mass is 16.5. The van der Waals surface area contributed by atoms with Crippen LogP contribution in [-0.2, 0) is 35.1 Å². The van der Waals surface area contributed by atoms with Crippen molar-refractivity contribution < 1.29 is 38.6 Å². The molecular weight excluding hydrogens is 586 g/mol. The normalized spacial score (nSPS) is 14.9. The van der Waals surface area contributed by atoms with Gasteiger partial charge in [-0.3, -0.25) is 29.4 Å². The Balaban J connectivity index is 2.22. The Morgan fingerprint density at radius 2 is 1.56 bits per heavy atom. The number of ether oxygens (including phenoxy) is 1. The van der Waals surface area contributed by atoms with E-state index in [1.807, 2.05) is 0 Å². The number of benzene rings is 1. The van der Waals surface area contributed by atoms with E-state index >= 15 is 0 Å². The molecular formula is C30H43N7O8. The highest BCUT2D eigenvalue weighted by Crippen LogP contribution is 2.22. The van der Waals surface area contributed by atoms with Gasteiger partial charge in [-0.05, 0) is 30.7 Å². The smallest absolute Gasteiger partial charge is 0.408 e. The zero-order valence-corrected chi connectivity index (χ0v) is 25.1. The van der Waals surface area contributed by atoms with Gasteiger partial charge in [0.25, 0.3) is 0 Å². The molecule has 0 bridgehead atoms. The van der Waals surface area contributed by atoms with Gasteiger partial charge >= 0.3 is 12.1 Å². The van der Waals surface area contributed by atoms with E-state index < -0.39 is 66.7 Å². The molecule has 3 atom stereocenters. The van der Waals surface area contributed by atoms with Gasteiger partial charge in [0.2, 0.25) is 23.6 Å². The monoisotopic (exact) mass is 629 g/mol. The summed E-state index contributed by atoms with van der Waals surface area (Å²) in [5, 5.41) is 26.9. The molecule has 1 aliphatic carbocycles. The van der Waals surface area contributed by atoms with Crippen molar-refractivity contribution in [3.8, 4) is 0 Å². The highest BCUT2D eigenvalue weighted by molar-refractivity contribution is 5.96. The van der Waals surface area contributed by atoms with Crippen molar-refractivity contribution in [2.45, 2.75) is 75.9 Å². The lowest BCUT2D eigenvalue weighted by atomic mass is 9.89. The predicted molar refractivity (Wildman–Crippen MR) is 164 cm³/mol. The number of carboxylic acid groups (broad SMARTS) is 1. The van der Waals surface area contributed by atoms with Crippen molar-refractivity contribution in [2.24, 2.45) is 17.4 Å². The van der Waals surface area contributed by atoms with Crippen molar-refractivity contribution in [1.82, 2.24) is 21.3 Å². The first kappa shape index (κ1) is 36.2. The minimum Gasteiger partial charge on any atom is -0.481 e. The average Bonchev–Trinajstić information content (AvgIpc) is 3.00. The summed E-state index contributed by atoms with van der Waals surface area (Å²) in [6, 6.07) is 2.22. The van der Waals surface area contributed by atoms with Crippen LogP contribution in [0.1, 0.15) is 62.5 Å². The summed E-state index contributed by atoms with van der Waals surface area (Å²) in [5.74, 6) is -4.37. The number of primary amides is 1. The second-order valence-corrected chi connectivity index (χ2v) is 10.9. The minimum atomic E-state index is -1.45. The van der Waals surface area contributed by atoms with Crippen LogP contribution < -0.4 is 32.7 Å². The van der Waals surface area contributed by atoms with Crippen LogP contribution in [-0.4, -0.2) is 77.9 Å². The molecule has 15 nitrogen and oxygen atoms in total. The van der Waals surface area contributed by atoms with Crippen LogP contribution in [0.15, 0.2) is 36.9 Å². The third kappa shape index (κ3) is 13.5. The van der Waals surface area contributed by atoms with E-state index in [-0.39, 0.29) is 31.2 Å². The van der Waals surface area contributed by atoms with Crippen molar-refractivity contribution in [3.05, 3.63) is 48.0 Å². The number of amides is 5. The molecule has 0 aliphatic heterocycles. The third-order valence-corrected chi connectivity index (χ3v) is 7.25. The maximum absolute atomic E-state index is 13.4. The molecule has 0 spiro atoms. The maximum Gasteiger partial charge on any atom is 0.408 e. The van der Waals surface area contributed by atoms with Crippen molar-refractivity contribution in [2.75, 3.05) is 13.2 Å². The number of alkyl carbamates (subject to hydrolysis) is 1. The van der Waals surface area contributed by atoms with Gasteiger partial charge in [0.05, 0.1) is 6.42 Å². The number of nitrogens with two attached hydrogens (primary N) is 2. The lowest BCUT2D eigenvalue weighted by molar-refractivity contribution is -0.138. The fourth-order valence-corrected chi connectivity index (χ4v) is 4.84. The summed E-state index contributed by atoms with van der Waals surface area (Å²) in [6.45, 7) is 3.69. The molecule has 0 saturated heterocycles. The topological polar surface area (TPSA) is 256 Å². The second kappa shape index (κ2) is 18.7. The Kier molecular flexibility index (Phi) is 15.0. The van der Waals surface area contributed by atoms with Crippen LogP contribution in [0.4, 0.5) is 4.79 Å². The molecule has 1 aromatic carbocycles. The summed E-state index contributed by atoms with van der Waals surface area (Å²) in [4.78, 5) is 75.1. The number of aliphatic carboxylic acids is 1. The summed E-state index contributed by atoms with van der Waals surface area (Å²) >= 11 is 0. The lowest BCUT2D eigenvalue weighted by Gasteiger charge is -2.26. The predicted octanol–water partition coefficient (Wildman–Crippen LogP) is 0.200. The molecule has 2 rings (SSSR count). The van der Waals surface area contributed by atoms with E-state index in [9.17, 15) is 33.9 Å². The van der Waals surface area contributed by atoms with Crippen molar-refractivity contribution >= 4 is 41.5 Å². The molecule has 0 radical (unpaired) electrons. The number of carboxylic acids is 1. The van der Waals surface area contributed by atoms with E-state index in [0.29, 0.717) is 17.7 Å². The number of nitrogen functional groups attached to an aromatic ring is 1. The fourth-order valence-electron chi connectivity index (χ4n) is 4.84. The Bertz CT molecular complexity index is 1230. The van der Waals surface area contributed by atoms with Gasteiger partial charge in [-0.1, -0.05) is 56.2 Å². The molecule has 10 N–H and O–H groups in total. The summed E-state index contributed by atoms with van der Waals surface area (Å²) in [6.07, 6.45) is 4.06. The zero-order valence-electron chi connectivity index (χ0n) is 25.1. The molecule has 45 heavy (non-hydrogen) atoms. The third-order valence-electron chi connectivity index (χ3n) is 7.25. The number of amidine groups is 1. The molecule has 5 amide bonds. The molecule has 0 heterocycles. The van der Waals surface area contributed by atoms with E-state index in [0.717, 1.165) is 32.1 Å². The molecule has 0 unspecified atom stereocenters. The first-order valence-electron chi connectivity index (χ1n) is 14.8. The quantitative estimate of drug-likeness (QED) is 0.0626. The standard InChI is InChI=1S/C30H43N7O8/c1-2-14-45-30(44)37-22(15-18-8-10-20(11-9-18)26(32)33)29(43)35-21(12-13-25(39)40)28(42)36-23(16-24(31)38)27(41)34-17-19-6-4-3-5-7-19/h2,8-11,19,21-23H,1,3-7,12-17H2,(H2,31,38)(H3,32,33)(H,34,41)(H,35,43)(H,36,42)(H,37,44)(H,39,40)/t21-,22-,23-/m0/s1. The number of hydrogen-bond acceptors (Lipinski definition) is 8. The number of carbonyl (C=O) groups excluding carboxylic acids is 5. The molecule has 1 aliphatic rings. The van der Waals surface area contributed by atoms with Crippen LogP contribution in [0.3, 0.4) is 0 Å². The largest absolute Gasteiger partial charge is 0.481 e. The van der Waals surface area contributed by atoms with E-state index in [4.69, 9.17) is 21.6 Å². The Labute approximate surface area is 261 Å². The number of hydrogen-bond donors (Lipinski definition) is 8. The molecule has 15 heteroatoms. The number of rotatable bonds is 18. The van der Waals surface area contributed by atoms with Gasteiger partial charge in [-0.25, -0.2) is 4.79 Å². The Morgan fingerprint density at radius 1 is 0.933 bits per heavy atom. The molecule has 0 aromatic heterocycles. The molecule has 246 valence electrons. The van der Waals surface area contributed by atoms with Crippen LogP contribution in [0.25, 0.3) is 0 Å². The minimum absolute atomic E-state index is 0.0750. The summed E-state index contributed by atoms with van der Waals surface area (Å²) in [7, 11) is 0. The van der Waals surface area contributed by atoms with E-state index in [1.165, 1.54) is 6.08 Å². The maximum atomic E-state index is 13.4. The van der Waals surface area contributed by atoms with Crippen LogP contribution in [0.2, 0.25) is 0 Å². The molecule has 1 aromatic rings. The highest BCUT2D eigenvalue weighted by Gasteiger charge is 2.31. The first-order chi connectivity index (χ1) is 21.4. The van der Waals surface area contributed by atoms with Crippen molar-refractivity contribution in [1.29, 1.82) is 5.41 Å². The summed E-state index contributed by atoms with van der Waals surface area (Å²) in [5.41, 5.74) is 11.8.